The number of aliphatic hydroxyl groups is 2. The van der Waals surface area contributed by atoms with Crippen LogP contribution in [0.1, 0.15) is 303 Å². The van der Waals surface area contributed by atoms with Gasteiger partial charge in [0.05, 0.1) is 26.4 Å². The van der Waals surface area contributed by atoms with Gasteiger partial charge in [-0.25, -0.2) is 9.13 Å². The van der Waals surface area contributed by atoms with Gasteiger partial charge in [-0.3, -0.25) is 32.5 Å². The number of phosphoric acid groups is 2. The molecule has 0 aliphatic carbocycles. The summed E-state index contributed by atoms with van der Waals surface area (Å²) in [5, 5.41) is 20.7. The quantitative estimate of drug-likeness (QED) is 0.0146. The van der Waals surface area contributed by atoms with Gasteiger partial charge in [-0.15, -0.1) is 0 Å². The van der Waals surface area contributed by atoms with Crippen molar-refractivity contribution in [1.82, 2.24) is 0 Å². The Morgan fingerprint density at radius 3 is 0.752 bits per heavy atom. The van der Waals surface area contributed by atoms with Gasteiger partial charge in [-0.05, 0) is 148 Å². The van der Waals surface area contributed by atoms with Crippen molar-refractivity contribution >= 4 is 33.6 Å². The number of hydrogen-bond donors (Lipinski definition) is 4. The number of rotatable bonds is 75. The van der Waals surface area contributed by atoms with Gasteiger partial charge in [0.15, 0.2) is 6.10 Å². The monoisotopic (exact) mass is 1510 g/mol. The van der Waals surface area contributed by atoms with Gasteiger partial charge in [-0.2, -0.15) is 0 Å². The Morgan fingerprint density at radius 1 is 0.267 bits per heavy atom. The molecule has 0 spiro atoms. The van der Waals surface area contributed by atoms with E-state index >= 15 is 0 Å². The van der Waals surface area contributed by atoms with Crippen LogP contribution in [0.5, 0.6) is 0 Å². The highest BCUT2D eigenvalue weighted by Gasteiger charge is 2.29. The minimum atomic E-state index is -4.94. The summed E-state index contributed by atoms with van der Waals surface area (Å²) in [5.74, 6) is -1.61. The molecule has 0 amide bonds. The Kier molecular flexibility index (Phi) is 74.7. The third-order valence-electron chi connectivity index (χ3n) is 16.4. The maximum atomic E-state index is 13.0. The molecule has 18 heteroatoms. The van der Waals surface area contributed by atoms with Crippen molar-refractivity contribution in [1.29, 1.82) is 0 Å². The SMILES string of the molecule is CC/C=C\C/C=C\C/C=C\C/C=C\C/C=C\C/C=C\CCCCCCCCCCCCC(=O)OCC(O)COP(=O)(O)OCC(O)COP(=O)(O)OCC(COC(=O)CCCCCCCCCCC/C=C\C/C=C\C/C=C\C/C=C\C/C=C\CC)OC(=O)CCCCCCC/C=C\C/C=C\C/C=C\CC. The second-order valence-electron chi connectivity index (χ2n) is 26.4. The van der Waals surface area contributed by atoms with E-state index in [4.69, 9.17) is 32.3 Å². The van der Waals surface area contributed by atoms with E-state index in [1.54, 1.807) is 0 Å². The lowest BCUT2D eigenvalue weighted by Crippen LogP contribution is -2.30. The molecule has 5 unspecified atom stereocenters. The molecular weight excluding hydrogens is 1360 g/mol. The van der Waals surface area contributed by atoms with Crippen LogP contribution in [0.2, 0.25) is 0 Å². The van der Waals surface area contributed by atoms with Gasteiger partial charge in [0, 0.05) is 19.3 Å². The van der Waals surface area contributed by atoms with Crippen molar-refractivity contribution in [3.8, 4) is 0 Å². The van der Waals surface area contributed by atoms with Crippen LogP contribution in [0, 0.1) is 0 Å². The molecule has 0 aliphatic rings. The zero-order valence-electron chi connectivity index (χ0n) is 65.3. The Morgan fingerprint density at radius 2 is 0.476 bits per heavy atom. The van der Waals surface area contributed by atoms with Crippen molar-refractivity contribution < 1.29 is 75.8 Å². The standard InChI is InChI=1S/C87H144O16P2/c1-4-7-10-13-16-19-22-25-28-30-32-34-36-38-39-40-41-43-45-46-48-50-53-55-58-61-64-67-70-73-85(90)97-76-82(88)77-99-104(93,94)100-78-83(89)79-101-105(95,96)102-81-84(103-87(92)75-72-69-66-63-60-57-52-27-24-21-18-15-12-9-6-3)80-98-86(91)74-71-68-65-62-59-56-54-51-49-47-44-42-37-35-33-31-29-26-23-20-17-14-11-8-5-2/h7-12,16-21,25-29,32-35,38-39,41-44,52,82-84,88-89H,4-6,13-15,22-24,30-31,36-37,40,45-51,53-81H2,1-3H3,(H,93,94)(H,95,96)/b10-7-,11-8-,12-9-,19-16-,20-17-,21-18-,28-25-,29-26-,34-32-,35-33-,39-38-,43-41-,44-42-,52-27-. The molecule has 0 heterocycles. The number of phosphoric ester groups is 2. The van der Waals surface area contributed by atoms with Crippen LogP contribution in [0.25, 0.3) is 0 Å². The van der Waals surface area contributed by atoms with E-state index in [0.717, 1.165) is 186 Å². The highest BCUT2D eigenvalue weighted by Crippen LogP contribution is 2.45. The number of ether oxygens (including phenoxy) is 3. The summed E-state index contributed by atoms with van der Waals surface area (Å²) in [6, 6.07) is 0. The van der Waals surface area contributed by atoms with E-state index in [1.807, 2.05) is 0 Å². The molecule has 0 aromatic carbocycles. The van der Waals surface area contributed by atoms with Crippen LogP contribution in [-0.4, -0.2) is 95.9 Å². The first-order valence-electron chi connectivity index (χ1n) is 40.4. The lowest BCUT2D eigenvalue weighted by atomic mass is 10.1. The maximum absolute atomic E-state index is 13.0. The second-order valence-corrected chi connectivity index (χ2v) is 29.3. The first-order chi connectivity index (χ1) is 51.2. The first kappa shape index (κ1) is 99.9. The predicted molar refractivity (Wildman–Crippen MR) is 435 cm³/mol. The largest absolute Gasteiger partial charge is 0.472 e. The zero-order chi connectivity index (χ0) is 76.6. The van der Waals surface area contributed by atoms with Crippen molar-refractivity contribution in [2.75, 3.05) is 39.6 Å². The van der Waals surface area contributed by atoms with Crippen LogP contribution in [0.15, 0.2) is 170 Å². The number of carbonyl (C=O) groups excluding carboxylic acids is 3. The van der Waals surface area contributed by atoms with E-state index in [2.05, 4.69) is 191 Å². The van der Waals surface area contributed by atoms with E-state index < -0.39 is 91.5 Å². The molecule has 0 aliphatic heterocycles. The average Bonchev–Trinajstić information content (AvgIpc) is 0.913. The van der Waals surface area contributed by atoms with Crippen molar-refractivity contribution in [3.63, 3.8) is 0 Å². The number of unbranched alkanes of at least 4 members (excludes halogenated alkanes) is 24. The minimum absolute atomic E-state index is 0.0787. The van der Waals surface area contributed by atoms with E-state index in [0.29, 0.717) is 19.3 Å². The highest BCUT2D eigenvalue weighted by atomic mass is 31.2. The molecule has 0 fully saturated rings. The van der Waals surface area contributed by atoms with Crippen molar-refractivity contribution in [2.24, 2.45) is 0 Å². The number of hydrogen-bond acceptors (Lipinski definition) is 14. The Bertz CT molecular complexity index is 2590. The molecule has 0 saturated heterocycles. The molecule has 0 aromatic rings. The first-order valence-corrected chi connectivity index (χ1v) is 43.4. The maximum Gasteiger partial charge on any atom is 0.472 e. The van der Waals surface area contributed by atoms with Crippen molar-refractivity contribution in [2.45, 2.75) is 322 Å². The number of allylic oxidation sites excluding steroid dienone is 28. The topological polar surface area (TPSA) is 231 Å². The van der Waals surface area contributed by atoms with Crippen LogP contribution in [-0.2, 0) is 55.8 Å². The summed E-state index contributed by atoms with van der Waals surface area (Å²) >= 11 is 0. The molecule has 0 saturated carbocycles. The van der Waals surface area contributed by atoms with Gasteiger partial charge >= 0.3 is 33.6 Å². The summed E-state index contributed by atoms with van der Waals surface area (Å²) < 4.78 is 61.2. The van der Waals surface area contributed by atoms with Gasteiger partial charge in [0.1, 0.15) is 25.4 Å². The molecule has 0 aromatic heterocycles. The normalized spacial score (nSPS) is 14.8. The molecule has 105 heavy (non-hydrogen) atoms. The second kappa shape index (κ2) is 78.5. The summed E-state index contributed by atoms with van der Waals surface area (Å²) in [6.45, 7) is 2.31. The Labute approximate surface area is 637 Å². The number of carbonyl (C=O) groups is 3. The van der Waals surface area contributed by atoms with Gasteiger partial charge in [0.25, 0.3) is 0 Å². The Balaban J connectivity index is 4.57. The van der Waals surface area contributed by atoms with Crippen LogP contribution in [0.3, 0.4) is 0 Å². The zero-order valence-corrected chi connectivity index (χ0v) is 67.1. The molecule has 4 N–H and O–H groups in total. The lowest BCUT2D eigenvalue weighted by Gasteiger charge is -2.21. The average molecular weight is 1510 g/mol. The van der Waals surface area contributed by atoms with Gasteiger partial charge in [0.2, 0.25) is 0 Å². The summed E-state index contributed by atoms with van der Waals surface area (Å²) in [5.41, 5.74) is 0. The molecular formula is C87H144O16P2. The minimum Gasteiger partial charge on any atom is -0.463 e. The number of esters is 3. The molecule has 598 valence electrons. The summed E-state index contributed by atoms with van der Waals surface area (Å²) in [7, 11) is -9.81. The molecule has 5 atom stereocenters. The molecule has 0 radical (unpaired) electrons. The Hall–Kier alpha value is -5.09. The third kappa shape index (κ3) is 79.8. The predicted octanol–water partition coefficient (Wildman–Crippen LogP) is 24.0. The fourth-order valence-electron chi connectivity index (χ4n) is 10.4. The van der Waals surface area contributed by atoms with E-state index in [9.17, 15) is 43.5 Å². The lowest BCUT2D eigenvalue weighted by molar-refractivity contribution is -0.161. The molecule has 16 nitrogen and oxygen atoms in total. The van der Waals surface area contributed by atoms with Crippen LogP contribution < -0.4 is 0 Å². The van der Waals surface area contributed by atoms with Crippen molar-refractivity contribution in [3.05, 3.63) is 170 Å². The summed E-state index contributed by atoms with van der Waals surface area (Å²) in [6.07, 6.45) is 99.7. The van der Waals surface area contributed by atoms with Crippen LogP contribution in [0.4, 0.5) is 0 Å². The highest BCUT2D eigenvalue weighted by molar-refractivity contribution is 7.47. The third-order valence-corrected chi connectivity index (χ3v) is 18.3. The van der Waals surface area contributed by atoms with Crippen LogP contribution >= 0.6 is 15.6 Å². The fourth-order valence-corrected chi connectivity index (χ4v) is 12.0. The summed E-state index contributed by atoms with van der Waals surface area (Å²) in [4.78, 5) is 58.7. The van der Waals surface area contributed by atoms with E-state index in [-0.39, 0.29) is 19.3 Å². The fraction of sp³-hybridized carbons (Fsp3) is 0.644. The number of aliphatic hydroxyl groups excluding tert-OH is 2. The molecule has 0 bridgehead atoms. The van der Waals surface area contributed by atoms with Gasteiger partial charge in [-0.1, -0.05) is 306 Å². The molecule has 0 rings (SSSR count). The van der Waals surface area contributed by atoms with E-state index in [1.165, 1.54) is 57.8 Å². The smallest absolute Gasteiger partial charge is 0.463 e. The van der Waals surface area contributed by atoms with Gasteiger partial charge < -0.3 is 34.2 Å².